The molecule has 2 aromatic rings. The van der Waals surface area contributed by atoms with Gasteiger partial charge in [0.05, 0.1) is 10.0 Å². The van der Waals surface area contributed by atoms with Crippen LogP contribution in [0.25, 0.3) is 0 Å². The van der Waals surface area contributed by atoms with Crippen LogP contribution in [0.5, 0.6) is 0 Å². The van der Waals surface area contributed by atoms with E-state index < -0.39 is 23.0 Å². The summed E-state index contributed by atoms with van der Waals surface area (Å²) >= 11 is 3.00. The maximum absolute atomic E-state index is 14.2. The molecule has 0 aliphatic rings. The zero-order chi connectivity index (χ0) is 15.1. The molecule has 0 radical (unpaired) electrons. The first-order chi connectivity index (χ1) is 9.25. The van der Waals surface area contributed by atoms with Crippen LogP contribution < -0.4 is 5.73 Å². The summed E-state index contributed by atoms with van der Waals surface area (Å²) in [4.78, 5) is 0. The van der Waals surface area contributed by atoms with Crippen LogP contribution >= 0.6 is 15.9 Å². The van der Waals surface area contributed by atoms with E-state index in [0.717, 1.165) is 6.07 Å². The second kappa shape index (κ2) is 5.22. The zero-order valence-corrected chi connectivity index (χ0v) is 12.6. The van der Waals surface area contributed by atoms with Gasteiger partial charge in [-0.25, -0.2) is 13.2 Å². The molecule has 0 spiro atoms. The number of hydrogen-bond donors (Lipinski definition) is 1. The van der Waals surface area contributed by atoms with Crippen LogP contribution in [0.1, 0.15) is 23.6 Å². The van der Waals surface area contributed by atoms with E-state index in [0.29, 0.717) is 11.1 Å². The lowest BCUT2D eigenvalue weighted by molar-refractivity contribution is 0.477. The number of halogens is 4. The Balaban J connectivity index is 2.66. The van der Waals surface area contributed by atoms with E-state index in [1.54, 1.807) is 13.0 Å². The first-order valence-corrected chi connectivity index (χ1v) is 6.74. The van der Waals surface area contributed by atoms with Gasteiger partial charge in [-0.2, -0.15) is 0 Å². The van der Waals surface area contributed by atoms with Crippen molar-refractivity contribution < 1.29 is 13.2 Å². The summed E-state index contributed by atoms with van der Waals surface area (Å²) in [6, 6.07) is 6.69. The van der Waals surface area contributed by atoms with E-state index in [1.165, 1.54) is 25.1 Å². The molecule has 0 aliphatic carbocycles. The van der Waals surface area contributed by atoms with Gasteiger partial charge in [0.25, 0.3) is 0 Å². The van der Waals surface area contributed by atoms with Gasteiger partial charge in [0.1, 0.15) is 17.5 Å². The molecule has 2 aromatic carbocycles. The molecule has 0 aliphatic heterocycles. The fraction of sp³-hybridized carbons (Fsp3) is 0.200. The largest absolute Gasteiger partial charge is 0.318 e. The minimum Gasteiger partial charge on any atom is -0.318 e. The molecule has 106 valence electrons. The number of benzene rings is 2. The third-order valence-corrected chi connectivity index (χ3v) is 3.95. The smallest absolute Gasteiger partial charge is 0.145 e. The minimum atomic E-state index is -1.48. The van der Waals surface area contributed by atoms with E-state index in [2.05, 4.69) is 15.9 Å². The van der Waals surface area contributed by atoms with Gasteiger partial charge in [-0.15, -0.1) is 0 Å². The lowest BCUT2D eigenvalue weighted by atomic mass is 9.84. The number of nitrogens with two attached hydrogens (primary N) is 1. The Kier molecular flexibility index (Phi) is 3.93. The molecule has 0 aromatic heterocycles. The van der Waals surface area contributed by atoms with Gasteiger partial charge >= 0.3 is 0 Å². The van der Waals surface area contributed by atoms with Gasteiger partial charge in [-0.05, 0) is 59.1 Å². The maximum atomic E-state index is 14.2. The third kappa shape index (κ3) is 2.47. The zero-order valence-electron chi connectivity index (χ0n) is 11.0. The van der Waals surface area contributed by atoms with Gasteiger partial charge < -0.3 is 5.73 Å². The van der Waals surface area contributed by atoms with Crippen LogP contribution in [0.2, 0.25) is 0 Å². The van der Waals surface area contributed by atoms with Crippen LogP contribution in [-0.2, 0) is 5.54 Å². The van der Waals surface area contributed by atoms with Gasteiger partial charge in [-0.3, -0.25) is 0 Å². The van der Waals surface area contributed by atoms with E-state index in [-0.39, 0.29) is 10.0 Å². The number of aryl methyl sites for hydroxylation is 1. The molecular weight excluding hydrogens is 331 g/mol. The molecule has 0 amide bonds. The van der Waals surface area contributed by atoms with Crippen LogP contribution in [0.3, 0.4) is 0 Å². The van der Waals surface area contributed by atoms with E-state index in [9.17, 15) is 13.2 Å². The highest BCUT2D eigenvalue weighted by molar-refractivity contribution is 9.10. The molecule has 2 rings (SSSR count). The lowest BCUT2D eigenvalue weighted by Gasteiger charge is -2.27. The van der Waals surface area contributed by atoms with Crippen LogP contribution in [0.4, 0.5) is 13.2 Å². The van der Waals surface area contributed by atoms with Crippen molar-refractivity contribution in [1.29, 1.82) is 0 Å². The van der Waals surface area contributed by atoms with Crippen molar-refractivity contribution in [1.82, 2.24) is 0 Å². The van der Waals surface area contributed by atoms with Crippen molar-refractivity contribution in [3.05, 3.63) is 68.9 Å². The molecule has 0 fully saturated rings. The second-order valence-electron chi connectivity index (χ2n) is 4.88. The molecule has 1 atom stereocenters. The van der Waals surface area contributed by atoms with Crippen molar-refractivity contribution in [3.8, 4) is 0 Å². The van der Waals surface area contributed by atoms with Gasteiger partial charge in [0.2, 0.25) is 0 Å². The highest BCUT2D eigenvalue weighted by Crippen LogP contribution is 2.34. The molecule has 0 saturated heterocycles. The van der Waals surface area contributed by atoms with Crippen molar-refractivity contribution >= 4 is 15.9 Å². The maximum Gasteiger partial charge on any atom is 0.145 e. The number of hydrogen-bond acceptors (Lipinski definition) is 1. The quantitative estimate of drug-likeness (QED) is 0.803. The van der Waals surface area contributed by atoms with Crippen LogP contribution in [0, 0.1) is 24.4 Å². The molecule has 2 N–H and O–H groups in total. The molecule has 0 saturated carbocycles. The normalized spacial score (nSPS) is 14.2. The molecule has 1 unspecified atom stereocenters. The molecule has 0 heterocycles. The monoisotopic (exact) mass is 343 g/mol. The molecule has 20 heavy (non-hydrogen) atoms. The average Bonchev–Trinajstić information content (AvgIpc) is 2.37. The van der Waals surface area contributed by atoms with E-state index >= 15 is 0 Å². The predicted octanol–water partition coefficient (Wildman–Crippen LogP) is 4.40. The Morgan fingerprint density at radius 1 is 1.05 bits per heavy atom. The summed E-state index contributed by atoms with van der Waals surface area (Å²) in [6.07, 6.45) is 0. The van der Waals surface area contributed by atoms with Crippen molar-refractivity contribution in [2.24, 2.45) is 5.73 Å². The average molecular weight is 344 g/mol. The lowest BCUT2D eigenvalue weighted by Crippen LogP contribution is -2.36. The summed E-state index contributed by atoms with van der Waals surface area (Å²) < 4.78 is 41.9. The van der Waals surface area contributed by atoms with Crippen LogP contribution in [-0.4, -0.2) is 0 Å². The Morgan fingerprint density at radius 2 is 1.70 bits per heavy atom. The highest BCUT2D eigenvalue weighted by atomic mass is 79.9. The topological polar surface area (TPSA) is 26.0 Å². The van der Waals surface area contributed by atoms with Crippen LogP contribution in [0.15, 0.2) is 34.8 Å². The highest BCUT2D eigenvalue weighted by Gasteiger charge is 2.32. The molecular formula is C15H13BrF3N. The SMILES string of the molecule is Cc1ccc(C(C)(N)c2c(F)ccc(Br)c2F)cc1F. The summed E-state index contributed by atoms with van der Waals surface area (Å²) in [5.74, 6) is -2.01. The fourth-order valence-electron chi connectivity index (χ4n) is 2.06. The van der Waals surface area contributed by atoms with E-state index in [1.807, 2.05) is 0 Å². The summed E-state index contributed by atoms with van der Waals surface area (Å²) in [6.45, 7) is 3.05. The molecule has 0 bridgehead atoms. The first kappa shape index (κ1) is 15.1. The van der Waals surface area contributed by atoms with E-state index in [4.69, 9.17) is 5.73 Å². The second-order valence-corrected chi connectivity index (χ2v) is 5.74. The number of rotatable bonds is 2. The van der Waals surface area contributed by atoms with Crippen molar-refractivity contribution in [2.75, 3.05) is 0 Å². The van der Waals surface area contributed by atoms with Gasteiger partial charge in [0, 0.05) is 5.56 Å². The molecule has 1 nitrogen and oxygen atoms in total. The standard InChI is InChI=1S/C15H13BrF3N/c1-8-3-4-9(7-12(8)18)15(2,20)13-11(17)6-5-10(16)14(13)19/h3-7H,20H2,1-2H3. The van der Waals surface area contributed by atoms with Crippen molar-refractivity contribution in [3.63, 3.8) is 0 Å². The summed E-state index contributed by atoms with van der Waals surface area (Å²) in [7, 11) is 0. The Morgan fingerprint density at radius 3 is 2.30 bits per heavy atom. The fourth-order valence-corrected chi connectivity index (χ4v) is 2.39. The van der Waals surface area contributed by atoms with Gasteiger partial charge in [-0.1, -0.05) is 12.1 Å². The van der Waals surface area contributed by atoms with Crippen molar-refractivity contribution in [2.45, 2.75) is 19.4 Å². The van der Waals surface area contributed by atoms with Gasteiger partial charge in [0.15, 0.2) is 0 Å². The minimum absolute atomic E-state index is 0.109. The first-order valence-electron chi connectivity index (χ1n) is 5.94. The molecule has 5 heteroatoms. The Bertz CT molecular complexity index is 668. The Hall–Kier alpha value is -1.33. The third-order valence-electron chi connectivity index (χ3n) is 3.33. The Labute approximate surface area is 123 Å². The summed E-state index contributed by atoms with van der Waals surface area (Å²) in [5.41, 5.74) is 5.05. The summed E-state index contributed by atoms with van der Waals surface area (Å²) in [5, 5.41) is 0. The predicted molar refractivity (Wildman–Crippen MR) is 75.8 cm³/mol.